The number of fused-ring (bicyclic) bond motifs is 1. The second-order valence-corrected chi connectivity index (χ2v) is 10.7. The Labute approximate surface area is 202 Å². The number of Topliss-reactive ketones (excluding diaryl/α,β-unsaturated/α-hetero) is 1. The molecule has 2 aromatic heterocycles. The first-order valence-electron chi connectivity index (χ1n) is 11.3. The molecular weight excluding hydrogens is 450 g/mol. The van der Waals surface area contributed by atoms with E-state index < -0.39 is 5.97 Å². The smallest absolute Gasteiger partial charge is 0.335 e. The number of ketones is 1. The van der Waals surface area contributed by atoms with E-state index in [-0.39, 0.29) is 16.8 Å². The lowest BCUT2D eigenvalue weighted by atomic mass is 9.75. The maximum absolute atomic E-state index is 13.1. The zero-order valence-electron chi connectivity index (χ0n) is 19.3. The minimum Gasteiger partial charge on any atom is -0.478 e. The second-order valence-electron chi connectivity index (χ2n) is 9.67. The van der Waals surface area contributed by atoms with Crippen LogP contribution in [0.1, 0.15) is 45.9 Å². The fourth-order valence-electron chi connectivity index (χ4n) is 4.85. The number of anilines is 2. The molecule has 0 spiro atoms. The monoisotopic (exact) mass is 477 g/mol. The summed E-state index contributed by atoms with van der Waals surface area (Å²) in [5.74, 6) is -0.813. The van der Waals surface area contributed by atoms with Crippen molar-refractivity contribution in [3.05, 3.63) is 52.5 Å². The van der Waals surface area contributed by atoms with E-state index in [1.165, 1.54) is 12.1 Å². The Morgan fingerprint density at radius 1 is 1.18 bits per heavy atom. The number of carboxylic acids is 1. The van der Waals surface area contributed by atoms with Crippen LogP contribution in [0.15, 0.2) is 36.5 Å². The van der Waals surface area contributed by atoms with Crippen molar-refractivity contribution in [2.45, 2.75) is 26.7 Å². The Morgan fingerprint density at radius 3 is 2.65 bits per heavy atom. The van der Waals surface area contributed by atoms with Crippen LogP contribution in [-0.2, 0) is 11.2 Å². The summed E-state index contributed by atoms with van der Waals surface area (Å²) in [4.78, 5) is 32.1. The Bertz CT molecular complexity index is 1290. The van der Waals surface area contributed by atoms with Crippen molar-refractivity contribution in [1.29, 1.82) is 0 Å². The number of benzene rings is 1. The molecule has 1 fully saturated rings. The van der Waals surface area contributed by atoms with Crippen LogP contribution in [-0.4, -0.2) is 48.1 Å². The molecule has 0 amide bonds. The summed E-state index contributed by atoms with van der Waals surface area (Å²) in [6, 6.07) is 8.66. The van der Waals surface area contributed by atoms with E-state index in [0.717, 1.165) is 46.1 Å². The molecule has 34 heavy (non-hydrogen) atoms. The Balaban J connectivity index is 1.65. The molecule has 1 aliphatic carbocycles. The molecule has 3 aromatic rings. The number of nitrogens with two attached hydrogens (primary N) is 1. The lowest BCUT2D eigenvalue weighted by Crippen LogP contribution is -2.36. The number of nitrogen functional groups attached to an aromatic ring is 1. The number of carbonyl (C=O) groups is 2. The average molecular weight is 478 g/mol. The number of aromatic nitrogens is 1. The highest BCUT2D eigenvalue weighted by Gasteiger charge is 2.37. The molecular formula is C26H27N3O4S. The maximum Gasteiger partial charge on any atom is 0.335 e. The van der Waals surface area contributed by atoms with Gasteiger partial charge in [0.05, 0.1) is 34.3 Å². The lowest BCUT2D eigenvalue weighted by Gasteiger charge is -2.30. The van der Waals surface area contributed by atoms with Gasteiger partial charge >= 0.3 is 5.97 Å². The molecule has 0 radical (unpaired) electrons. The number of nitrogens with zero attached hydrogens (tertiary/aromatic N) is 2. The number of carboxylic acid groups (broad SMARTS) is 1. The molecule has 176 valence electrons. The van der Waals surface area contributed by atoms with Crippen LogP contribution in [0, 0.1) is 5.41 Å². The van der Waals surface area contributed by atoms with Gasteiger partial charge in [0.1, 0.15) is 0 Å². The molecule has 7 nitrogen and oxygen atoms in total. The van der Waals surface area contributed by atoms with E-state index in [1.54, 1.807) is 23.6 Å². The molecule has 5 rings (SSSR count). The van der Waals surface area contributed by atoms with Crippen molar-refractivity contribution in [1.82, 2.24) is 4.98 Å². The highest BCUT2D eigenvalue weighted by molar-refractivity contribution is 7.19. The number of morpholine rings is 1. The van der Waals surface area contributed by atoms with E-state index in [4.69, 9.17) is 10.5 Å². The Hall–Kier alpha value is -3.23. The van der Waals surface area contributed by atoms with E-state index in [0.29, 0.717) is 36.6 Å². The van der Waals surface area contributed by atoms with Crippen molar-refractivity contribution in [2.24, 2.45) is 5.41 Å². The molecule has 0 atom stereocenters. The number of aromatic carboxylic acids is 1. The van der Waals surface area contributed by atoms with Crippen LogP contribution in [0.5, 0.6) is 0 Å². The summed E-state index contributed by atoms with van der Waals surface area (Å²) in [5.41, 5.74) is 11.1. The number of carbonyl (C=O) groups excluding carboxylic acids is 1. The quantitative estimate of drug-likeness (QED) is 0.522. The second kappa shape index (κ2) is 8.52. The average Bonchev–Trinajstić information content (AvgIpc) is 3.18. The van der Waals surface area contributed by atoms with Crippen molar-refractivity contribution in [3.63, 3.8) is 0 Å². The number of ether oxygens (including phenoxy) is 1. The van der Waals surface area contributed by atoms with Gasteiger partial charge in [-0.2, -0.15) is 0 Å². The van der Waals surface area contributed by atoms with Crippen molar-refractivity contribution >= 4 is 33.8 Å². The Morgan fingerprint density at radius 2 is 1.94 bits per heavy atom. The summed E-state index contributed by atoms with van der Waals surface area (Å²) in [7, 11) is 0. The van der Waals surface area contributed by atoms with Crippen LogP contribution < -0.4 is 10.6 Å². The summed E-state index contributed by atoms with van der Waals surface area (Å²) in [6.45, 7) is 7.18. The van der Waals surface area contributed by atoms with Crippen LogP contribution >= 0.6 is 11.3 Å². The lowest BCUT2D eigenvalue weighted by molar-refractivity contribution is 0.0696. The molecule has 1 aliphatic heterocycles. The molecule has 0 bridgehead atoms. The van der Waals surface area contributed by atoms with Crippen molar-refractivity contribution in [2.75, 3.05) is 36.9 Å². The minimum atomic E-state index is -1.02. The van der Waals surface area contributed by atoms with Gasteiger partial charge in [-0.1, -0.05) is 13.8 Å². The number of pyridine rings is 1. The Kier molecular flexibility index (Phi) is 5.65. The van der Waals surface area contributed by atoms with Crippen LogP contribution in [0.4, 0.5) is 10.7 Å². The van der Waals surface area contributed by atoms with E-state index in [2.05, 4.69) is 23.7 Å². The number of hydrogen-bond acceptors (Lipinski definition) is 7. The molecule has 0 unspecified atom stereocenters. The first kappa shape index (κ1) is 22.6. The van der Waals surface area contributed by atoms with E-state index in [9.17, 15) is 14.7 Å². The zero-order chi connectivity index (χ0) is 24.0. The van der Waals surface area contributed by atoms with Crippen LogP contribution in [0.3, 0.4) is 0 Å². The highest BCUT2D eigenvalue weighted by atomic mass is 32.1. The van der Waals surface area contributed by atoms with Gasteiger partial charge < -0.3 is 20.5 Å². The topological polar surface area (TPSA) is 106 Å². The van der Waals surface area contributed by atoms with Gasteiger partial charge in [0, 0.05) is 42.5 Å². The fraction of sp³-hybridized carbons (Fsp3) is 0.346. The van der Waals surface area contributed by atoms with E-state index in [1.807, 2.05) is 12.1 Å². The molecule has 1 saturated heterocycles. The predicted octanol–water partition coefficient (Wildman–Crippen LogP) is 4.75. The number of rotatable bonds is 4. The summed E-state index contributed by atoms with van der Waals surface area (Å²) >= 11 is 1.59. The van der Waals surface area contributed by atoms with Gasteiger partial charge in [0.25, 0.3) is 0 Å². The molecule has 8 heteroatoms. The summed E-state index contributed by atoms with van der Waals surface area (Å²) in [6.07, 6.45) is 3.13. The SMILES string of the molecule is CC1(C)CC(=O)c2sc(N3CCOCC3)c(-c3ccnc(-c4ccc(C(=O)O)cc4N)c3)c2C1. The van der Waals surface area contributed by atoms with E-state index >= 15 is 0 Å². The highest BCUT2D eigenvalue weighted by Crippen LogP contribution is 2.49. The standard InChI is InChI=1S/C26H27N3O4S/c1-26(2)13-18-22(24(29-7-9-33-10-8-29)34-23(18)21(30)14-26)15-5-6-28-20(12-15)17-4-3-16(25(31)32)11-19(17)27/h3-6,11-12H,7-10,13-14,27H2,1-2H3,(H,31,32). The minimum absolute atomic E-state index is 0.102. The van der Waals surface area contributed by atoms with Gasteiger partial charge in [0.15, 0.2) is 5.78 Å². The number of hydrogen-bond donors (Lipinski definition) is 2. The third-order valence-electron chi connectivity index (χ3n) is 6.46. The van der Waals surface area contributed by atoms with Crippen LogP contribution in [0.25, 0.3) is 22.4 Å². The fourth-order valence-corrected chi connectivity index (χ4v) is 6.18. The summed E-state index contributed by atoms with van der Waals surface area (Å²) in [5, 5.41) is 10.4. The van der Waals surface area contributed by atoms with Crippen molar-refractivity contribution in [3.8, 4) is 22.4 Å². The molecule has 1 aromatic carbocycles. The van der Waals surface area contributed by atoms with Gasteiger partial charge in [-0.3, -0.25) is 9.78 Å². The first-order valence-corrected chi connectivity index (χ1v) is 12.2. The van der Waals surface area contributed by atoms with Gasteiger partial charge in [0.2, 0.25) is 0 Å². The van der Waals surface area contributed by atoms with Gasteiger partial charge in [-0.25, -0.2) is 4.79 Å². The molecule has 3 N–H and O–H groups in total. The number of thiophene rings is 1. The van der Waals surface area contributed by atoms with Crippen molar-refractivity contribution < 1.29 is 19.4 Å². The van der Waals surface area contributed by atoms with Crippen LogP contribution in [0.2, 0.25) is 0 Å². The van der Waals surface area contributed by atoms with Gasteiger partial charge in [-0.15, -0.1) is 11.3 Å². The zero-order valence-corrected chi connectivity index (χ0v) is 20.1. The molecule has 0 saturated carbocycles. The third-order valence-corrected chi connectivity index (χ3v) is 7.79. The molecule has 2 aliphatic rings. The maximum atomic E-state index is 13.1. The first-order chi connectivity index (χ1) is 16.2. The molecule has 3 heterocycles. The summed E-state index contributed by atoms with van der Waals surface area (Å²) < 4.78 is 5.57. The third kappa shape index (κ3) is 4.08. The van der Waals surface area contributed by atoms with Gasteiger partial charge in [-0.05, 0) is 53.3 Å². The predicted molar refractivity (Wildman–Crippen MR) is 134 cm³/mol. The largest absolute Gasteiger partial charge is 0.478 e. The normalized spacial score (nSPS) is 17.5.